The minimum atomic E-state index is -0.173. The number of aliphatic hydroxyl groups excluding tert-OH is 1. The first-order valence-corrected chi connectivity index (χ1v) is 7.72. The Labute approximate surface area is 128 Å². The summed E-state index contributed by atoms with van der Waals surface area (Å²) < 4.78 is 3.87. The van der Waals surface area contributed by atoms with Gasteiger partial charge in [-0.05, 0) is 48.0 Å². The fraction of sp³-hybridized carbons (Fsp3) is 0.400. The van der Waals surface area contributed by atoms with Crippen molar-refractivity contribution in [3.8, 4) is 0 Å². The number of carbonyl (C=O) groups is 1. The molecule has 1 heterocycles. The SMILES string of the molecule is CC(C)c1nnsc1C(=O)Nc1cccc(CCCO)c1. The summed E-state index contributed by atoms with van der Waals surface area (Å²) in [4.78, 5) is 12.9. The van der Waals surface area contributed by atoms with Gasteiger partial charge in [-0.15, -0.1) is 5.10 Å². The molecule has 0 bridgehead atoms. The Morgan fingerprint density at radius 1 is 1.43 bits per heavy atom. The molecule has 0 atom stereocenters. The van der Waals surface area contributed by atoms with Crippen molar-refractivity contribution in [3.05, 3.63) is 40.4 Å². The van der Waals surface area contributed by atoms with Crippen LogP contribution in [0.5, 0.6) is 0 Å². The minimum absolute atomic E-state index is 0.167. The lowest BCUT2D eigenvalue weighted by Crippen LogP contribution is -2.13. The highest BCUT2D eigenvalue weighted by atomic mass is 32.1. The van der Waals surface area contributed by atoms with Crippen LogP contribution in [0, 0.1) is 0 Å². The molecule has 2 aromatic rings. The maximum atomic E-state index is 12.3. The zero-order valence-electron chi connectivity index (χ0n) is 12.2. The number of aryl methyl sites for hydroxylation is 1. The smallest absolute Gasteiger partial charge is 0.269 e. The number of carbonyl (C=O) groups excluding carboxylic acids is 1. The first kappa shape index (κ1) is 15.6. The Hall–Kier alpha value is -1.79. The maximum absolute atomic E-state index is 12.3. The molecule has 2 rings (SSSR count). The third-order valence-electron chi connectivity index (χ3n) is 3.07. The van der Waals surface area contributed by atoms with E-state index in [1.807, 2.05) is 38.1 Å². The number of anilines is 1. The standard InChI is InChI=1S/C15H19N3O2S/c1-10(2)13-14(21-18-17-13)15(20)16-12-7-3-5-11(9-12)6-4-8-19/h3,5,7,9-10,19H,4,6,8H2,1-2H3,(H,16,20). The Bertz CT molecular complexity index is 610. The molecular formula is C15H19N3O2S. The van der Waals surface area contributed by atoms with Crippen LogP contribution in [-0.4, -0.2) is 27.2 Å². The van der Waals surface area contributed by atoms with Crippen LogP contribution in [0.4, 0.5) is 5.69 Å². The third kappa shape index (κ3) is 4.09. The van der Waals surface area contributed by atoms with E-state index in [9.17, 15) is 4.79 Å². The maximum Gasteiger partial charge on any atom is 0.269 e. The number of amides is 1. The normalized spacial score (nSPS) is 10.9. The fourth-order valence-electron chi connectivity index (χ4n) is 2.01. The predicted octanol–water partition coefficient (Wildman–Crippen LogP) is 2.84. The van der Waals surface area contributed by atoms with Gasteiger partial charge in [0.15, 0.2) is 0 Å². The van der Waals surface area contributed by atoms with Crippen molar-refractivity contribution in [2.75, 3.05) is 11.9 Å². The largest absolute Gasteiger partial charge is 0.396 e. The van der Waals surface area contributed by atoms with Gasteiger partial charge in [0.1, 0.15) is 4.88 Å². The molecule has 0 aliphatic rings. The van der Waals surface area contributed by atoms with E-state index in [-0.39, 0.29) is 18.4 Å². The lowest BCUT2D eigenvalue weighted by atomic mass is 10.1. The van der Waals surface area contributed by atoms with Crippen molar-refractivity contribution in [2.45, 2.75) is 32.6 Å². The first-order valence-electron chi connectivity index (χ1n) is 6.95. The number of hydrogen-bond donors (Lipinski definition) is 2. The molecule has 0 saturated heterocycles. The van der Waals surface area contributed by atoms with Gasteiger partial charge in [-0.1, -0.05) is 30.5 Å². The average Bonchev–Trinajstić information content (AvgIpc) is 2.95. The van der Waals surface area contributed by atoms with Crippen LogP contribution < -0.4 is 5.32 Å². The molecule has 1 aromatic heterocycles. The van der Waals surface area contributed by atoms with Crippen molar-refractivity contribution < 1.29 is 9.90 Å². The number of aliphatic hydroxyl groups is 1. The molecule has 1 aromatic carbocycles. The van der Waals surface area contributed by atoms with Crippen molar-refractivity contribution in [3.63, 3.8) is 0 Å². The highest BCUT2D eigenvalue weighted by Crippen LogP contribution is 2.21. The first-order chi connectivity index (χ1) is 10.1. The minimum Gasteiger partial charge on any atom is -0.396 e. The van der Waals surface area contributed by atoms with Gasteiger partial charge in [-0.3, -0.25) is 4.79 Å². The summed E-state index contributed by atoms with van der Waals surface area (Å²) in [7, 11) is 0. The van der Waals surface area contributed by atoms with Gasteiger partial charge in [0, 0.05) is 12.3 Å². The van der Waals surface area contributed by atoms with Crippen LogP contribution in [-0.2, 0) is 6.42 Å². The Morgan fingerprint density at radius 3 is 2.95 bits per heavy atom. The van der Waals surface area contributed by atoms with E-state index in [1.54, 1.807) is 0 Å². The van der Waals surface area contributed by atoms with Crippen LogP contribution >= 0.6 is 11.5 Å². The Morgan fingerprint density at radius 2 is 2.24 bits per heavy atom. The van der Waals surface area contributed by atoms with Gasteiger partial charge in [0.25, 0.3) is 5.91 Å². The third-order valence-corrected chi connectivity index (χ3v) is 3.82. The van der Waals surface area contributed by atoms with E-state index in [4.69, 9.17) is 5.11 Å². The van der Waals surface area contributed by atoms with E-state index in [1.165, 1.54) is 0 Å². The number of nitrogens with zero attached hydrogens (tertiary/aromatic N) is 2. The zero-order chi connectivity index (χ0) is 15.2. The van der Waals surface area contributed by atoms with Gasteiger partial charge >= 0.3 is 0 Å². The summed E-state index contributed by atoms with van der Waals surface area (Å²) in [6, 6.07) is 7.66. The van der Waals surface area contributed by atoms with Crippen molar-refractivity contribution >= 4 is 23.1 Å². The van der Waals surface area contributed by atoms with Crippen molar-refractivity contribution in [2.24, 2.45) is 0 Å². The lowest BCUT2D eigenvalue weighted by Gasteiger charge is -2.08. The quantitative estimate of drug-likeness (QED) is 0.860. The average molecular weight is 305 g/mol. The van der Waals surface area contributed by atoms with Gasteiger partial charge in [-0.25, -0.2) is 0 Å². The number of rotatable bonds is 6. The van der Waals surface area contributed by atoms with Crippen LogP contribution in [0.2, 0.25) is 0 Å². The van der Waals surface area contributed by atoms with E-state index in [0.717, 1.165) is 34.9 Å². The second-order valence-electron chi connectivity index (χ2n) is 5.12. The summed E-state index contributed by atoms with van der Waals surface area (Å²) in [5.74, 6) is -0.00611. The monoisotopic (exact) mass is 305 g/mol. The van der Waals surface area contributed by atoms with Gasteiger partial charge < -0.3 is 10.4 Å². The molecule has 0 saturated carbocycles. The molecule has 112 valence electrons. The highest BCUT2D eigenvalue weighted by Gasteiger charge is 2.18. The molecule has 0 spiro atoms. The van der Waals surface area contributed by atoms with E-state index >= 15 is 0 Å². The summed E-state index contributed by atoms with van der Waals surface area (Å²) in [5.41, 5.74) is 2.57. The zero-order valence-corrected chi connectivity index (χ0v) is 13.0. The Balaban J connectivity index is 2.10. The van der Waals surface area contributed by atoms with Crippen molar-refractivity contribution in [1.29, 1.82) is 0 Å². The van der Waals surface area contributed by atoms with E-state index in [2.05, 4.69) is 14.9 Å². The summed E-state index contributed by atoms with van der Waals surface area (Å²) in [6.07, 6.45) is 1.51. The number of nitrogens with one attached hydrogen (secondary N) is 1. The molecule has 0 aliphatic carbocycles. The topological polar surface area (TPSA) is 75.1 Å². The molecule has 5 nitrogen and oxygen atoms in total. The second-order valence-corrected chi connectivity index (χ2v) is 5.88. The van der Waals surface area contributed by atoms with Crippen LogP contribution in [0.25, 0.3) is 0 Å². The fourth-order valence-corrected chi connectivity index (χ4v) is 2.72. The van der Waals surface area contributed by atoms with Gasteiger partial charge in [0.2, 0.25) is 0 Å². The van der Waals surface area contributed by atoms with Crippen molar-refractivity contribution in [1.82, 2.24) is 9.59 Å². The molecule has 0 unspecified atom stereocenters. The molecule has 1 amide bonds. The molecule has 0 aliphatic heterocycles. The Kier molecular flexibility index (Phi) is 5.41. The summed E-state index contributed by atoms with van der Waals surface area (Å²) in [6.45, 7) is 4.15. The number of hydrogen-bond acceptors (Lipinski definition) is 5. The van der Waals surface area contributed by atoms with Gasteiger partial charge in [-0.2, -0.15) is 0 Å². The molecule has 21 heavy (non-hydrogen) atoms. The van der Waals surface area contributed by atoms with Gasteiger partial charge in [0.05, 0.1) is 5.69 Å². The molecule has 0 fully saturated rings. The lowest BCUT2D eigenvalue weighted by molar-refractivity contribution is 0.102. The summed E-state index contributed by atoms with van der Waals surface area (Å²) >= 11 is 1.12. The van der Waals surface area contributed by atoms with Crippen LogP contribution in [0.3, 0.4) is 0 Å². The molecular weight excluding hydrogens is 286 g/mol. The number of benzene rings is 1. The number of aromatic nitrogens is 2. The second kappa shape index (κ2) is 7.28. The molecule has 6 heteroatoms. The van der Waals surface area contributed by atoms with E-state index in [0.29, 0.717) is 11.3 Å². The van der Waals surface area contributed by atoms with Crippen LogP contribution in [0.1, 0.15) is 47.1 Å². The molecule has 0 radical (unpaired) electrons. The molecule has 2 N–H and O–H groups in total. The summed E-state index contributed by atoms with van der Waals surface area (Å²) in [5, 5.41) is 15.8. The predicted molar refractivity (Wildman–Crippen MR) is 83.8 cm³/mol. The van der Waals surface area contributed by atoms with E-state index < -0.39 is 0 Å². The highest BCUT2D eigenvalue weighted by molar-refractivity contribution is 7.08. The van der Waals surface area contributed by atoms with Crippen LogP contribution in [0.15, 0.2) is 24.3 Å².